The van der Waals surface area contributed by atoms with E-state index in [1.807, 2.05) is 12.1 Å². The van der Waals surface area contributed by atoms with Gasteiger partial charge in [0.15, 0.2) is 0 Å². The van der Waals surface area contributed by atoms with Gasteiger partial charge in [-0.3, -0.25) is 0 Å². The Hall–Kier alpha value is -0.370. The molecule has 0 aliphatic heterocycles. The van der Waals surface area contributed by atoms with Crippen molar-refractivity contribution in [2.45, 2.75) is 43.9 Å². The molecule has 0 amide bonds. The van der Waals surface area contributed by atoms with Gasteiger partial charge in [0.05, 0.1) is 0 Å². The van der Waals surface area contributed by atoms with E-state index in [2.05, 4.69) is 22.9 Å². The number of halogens is 2. The van der Waals surface area contributed by atoms with E-state index in [-0.39, 0.29) is 5.82 Å². The first-order valence-corrected chi connectivity index (χ1v) is 7.45. The molecule has 0 N–H and O–H groups in total. The lowest BCUT2D eigenvalue weighted by Crippen LogP contribution is -2.22. The second-order valence-electron chi connectivity index (χ2n) is 5.37. The maximum absolute atomic E-state index is 12.8. The molecule has 1 atom stereocenters. The smallest absolute Gasteiger partial charge is 0.123 e. The number of benzene rings is 1. The Morgan fingerprint density at radius 2 is 1.76 bits per heavy atom. The summed E-state index contributed by atoms with van der Waals surface area (Å²) in [6.07, 6.45) is 6.39. The molecule has 2 heteroatoms. The van der Waals surface area contributed by atoms with Crippen LogP contribution in [0.4, 0.5) is 4.39 Å². The van der Waals surface area contributed by atoms with E-state index in [0.29, 0.717) is 4.83 Å². The summed E-state index contributed by atoms with van der Waals surface area (Å²) in [5.41, 5.74) is 1.23. The molecule has 1 fully saturated rings. The van der Waals surface area contributed by atoms with Crippen LogP contribution in [0, 0.1) is 17.7 Å². The number of hydrogen-bond acceptors (Lipinski definition) is 0. The molecule has 0 heterocycles. The normalized spacial score (nSPS) is 26.8. The van der Waals surface area contributed by atoms with Crippen LogP contribution in [0.5, 0.6) is 0 Å². The van der Waals surface area contributed by atoms with E-state index >= 15 is 0 Å². The van der Waals surface area contributed by atoms with Crippen LogP contribution in [0.15, 0.2) is 24.3 Å². The fraction of sp³-hybridized carbons (Fsp3) is 0.600. The van der Waals surface area contributed by atoms with Crippen LogP contribution in [-0.4, -0.2) is 4.83 Å². The lowest BCUT2D eigenvalue weighted by Gasteiger charge is -2.29. The minimum Gasteiger partial charge on any atom is -0.207 e. The van der Waals surface area contributed by atoms with Crippen molar-refractivity contribution in [3.05, 3.63) is 35.6 Å². The largest absolute Gasteiger partial charge is 0.207 e. The predicted molar refractivity (Wildman–Crippen MR) is 73.9 cm³/mol. The molecule has 0 bridgehead atoms. The van der Waals surface area contributed by atoms with Crippen molar-refractivity contribution in [3.63, 3.8) is 0 Å². The van der Waals surface area contributed by atoms with E-state index in [4.69, 9.17) is 0 Å². The van der Waals surface area contributed by atoms with Crippen LogP contribution < -0.4 is 0 Å². The average Bonchev–Trinajstić information content (AvgIpc) is 2.33. The second-order valence-corrected chi connectivity index (χ2v) is 6.54. The third-order valence-electron chi connectivity index (χ3n) is 3.92. The van der Waals surface area contributed by atoms with Crippen LogP contribution in [0.3, 0.4) is 0 Å². The fourth-order valence-corrected chi connectivity index (χ4v) is 3.56. The third-order valence-corrected chi connectivity index (χ3v) is 4.99. The molecular weight excluding hydrogens is 279 g/mol. The Labute approximate surface area is 112 Å². The molecule has 2 rings (SSSR count). The Morgan fingerprint density at radius 3 is 2.35 bits per heavy atom. The molecule has 0 nitrogen and oxygen atoms in total. The van der Waals surface area contributed by atoms with Crippen LogP contribution in [0.2, 0.25) is 0 Å². The van der Waals surface area contributed by atoms with E-state index in [1.165, 1.54) is 31.2 Å². The van der Waals surface area contributed by atoms with Crippen molar-refractivity contribution >= 4 is 15.9 Å². The summed E-state index contributed by atoms with van der Waals surface area (Å²) in [5, 5.41) is 0. The topological polar surface area (TPSA) is 0 Å². The van der Waals surface area contributed by atoms with Gasteiger partial charge in [-0.05, 0) is 48.8 Å². The van der Waals surface area contributed by atoms with Gasteiger partial charge in [0.2, 0.25) is 0 Å². The van der Waals surface area contributed by atoms with E-state index < -0.39 is 0 Å². The van der Waals surface area contributed by atoms with E-state index in [9.17, 15) is 4.39 Å². The molecule has 17 heavy (non-hydrogen) atoms. The van der Waals surface area contributed by atoms with Crippen LogP contribution >= 0.6 is 15.9 Å². The van der Waals surface area contributed by atoms with Crippen molar-refractivity contribution in [1.29, 1.82) is 0 Å². The summed E-state index contributed by atoms with van der Waals surface area (Å²) < 4.78 is 12.8. The second kappa shape index (κ2) is 5.99. The predicted octanol–water partition coefficient (Wildman–Crippen LogP) is 4.96. The SMILES string of the molecule is CC1CCC(C(Br)Cc2ccc(F)cc2)CC1. The van der Waals surface area contributed by atoms with Crippen molar-refractivity contribution in [3.8, 4) is 0 Å². The summed E-state index contributed by atoms with van der Waals surface area (Å²) in [6, 6.07) is 6.90. The summed E-state index contributed by atoms with van der Waals surface area (Å²) in [4.78, 5) is 0.542. The zero-order valence-corrected chi connectivity index (χ0v) is 11.9. The van der Waals surface area contributed by atoms with Gasteiger partial charge in [-0.2, -0.15) is 0 Å². The zero-order chi connectivity index (χ0) is 12.3. The van der Waals surface area contributed by atoms with Gasteiger partial charge in [-0.25, -0.2) is 4.39 Å². The van der Waals surface area contributed by atoms with Crippen molar-refractivity contribution in [2.24, 2.45) is 11.8 Å². The van der Waals surface area contributed by atoms with E-state index in [1.54, 1.807) is 12.1 Å². The van der Waals surface area contributed by atoms with Crippen molar-refractivity contribution in [1.82, 2.24) is 0 Å². The highest BCUT2D eigenvalue weighted by Crippen LogP contribution is 2.34. The molecule has 1 saturated carbocycles. The number of alkyl halides is 1. The van der Waals surface area contributed by atoms with Crippen molar-refractivity contribution < 1.29 is 4.39 Å². The maximum Gasteiger partial charge on any atom is 0.123 e. The molecule has 1 aromatic rings. The highest BCUT2D eigenvalue weighted by molar-refractivity contribution is 9.09. The summed E-state index contributed by atoms with van der Waals surface area (Å²) >= 11 is 3.82. The van der Waals surface area contributed by atoms with Gasteiger partial charge in [-0.1, -0.05) is 47.8 Å². The lowest BCUT2D eigenvalue weighted by atomic mass is 9.80. The molecule has 0 saturated heterocycles. The minimum absolute atomic E-state index is 0.147. The summed E-state index contributed by atoms with van der Waals surface area (Å²) in [5.74, 6) is 1.54. The molecular formula is C15H20BrF. The van der Waals surface area contributed by atoms with Gasteiger partial charge in [0.25, 0.3) is 0 Å². The molecule has 94 valence electrons. The van der Waals surface area contributed by atoms with Crippen LogP contribution in [0.1, 0.15) is 38.2 Å². The number of rotatable bonds is 3. The molecule has 1 aromatic carbocycles. The van der Waals surface area contributed by atoms with Crippen LogP contribution in [0.25, 0.3) is 0 Å². The van der Waals surface area contributed by atoms with Gasteiger partial charge in [0, 0.05) is 4.83 Å². The van der Waals surface area contributed by atoms with Crippen LogP contribution in [-0.2, 0) is 6.42 Å². The van der Waals surface area contributed by atoms with Crippen molar-refractivity contribution in [2.75, 3.05) is 0 Å². The Morgan fingerprint density at radius 1 is 1.18 bits per heavy atom. The first kappa shape index (κ1) is 13.1. The summed E-state index contributed by atoms with van der Waals surface area (Å²) in [6.45, 7) is 2.35. The Bertz CT molecular complexity index is 338. The molecule has 0 aromatic heterocycles. The van der Waals surface area contributed by atoms with Gasteiger partial charge < -0.3 is 0 Å². The quantitative estimate of drug-likeness (QED) is 0.692. The fourth-order valence-electron chi connectivity index (χ4n) is 2.66. The molecule has 1 unspecified atom stereocenters. The summed E-state index contributed by atoms with van der Waals surface area (Å²) in [7, 11) is 0. The highest BCUT2D eigenvalue weighted by Gasteiger charge is 2.24. The first-order chi connectivity index (χ1) is 8.15. The first-order valence-electron chi connectivity index (χ1n) is 6.53. The Balaban J connectivity index is 1.88. The van der Waals surface area contributed by atoms with Gasteiger partial charge >= 0.3 is 0 Å². The molecule has 1 aliphatic rings. The minimum atomic E-state index is -0.147. The zero-order valence-electron chi connectivity index (χ0n) is 10.3. The van der Waals surface area contributed by atoms with Gasteiger partial charge in [-0.15, -0.1) is 0 Å². The molecule has 0 radical (unpaired) electrons. The maximum atomic E-state index is 12.8. The molecule has 1 aliphatic carbocycles. The van der Waals surface area contributed by atoms with Gasteiger partial charge in [0.1, 0.15) is 5.82 Å². The third kappa shape index (κ3) is 3.80. The highest BCUT2D eigenvalue weighted by atomic mass is 79.9. The van der Waals surface area contributed by atoms with E-state index in [0.717, 1.165) is 18.3 Å². The standard InChI is InChI=1S/C15H20BrF/c1-11-2-6-13(7-3-11)15(16)10-12-4-8-14(17)9-5-12/h4-5,8-9,11,13,15H,2-3,6-7,10H2,1H3. The average molecular weight is 299 g/mol. The number of hydrogen-bond donors (Lipinski definition) is 0. The molecule has 0 spiro atoms. The lowest BCUT2D eigenvalue weighted by molar-refractivity contribution is 0.285. The monoisotopic (exact) mass is 298 g/mol. The Kier molecular flexibility index (Phi) is 4.61.